The molecular formula is C12H15N3O2. The summed E-state index contributed by atoms with van der Waals surface area (Å²) in [7, 11) is 0. The Morgan fingerprint density at radius 2 is 2.18 bits per heavy atom. The van der Waals surface area contributed by atoms with E-state index < -0.39 is 0 Å². The second-order valence-corrected chi connectivity index (χ2v) is 4.47. The van der Waals surface area contributed by atoms with Gasteiger partial charge in [-0.25, -0.2) is 4.68 Å². The minimum absolute atomic E-state index is 0.195. The van der Waals surface area contributed by atoms with Crippen LogP contribution in [-0.2, 0) is 11.3 Å². The fraction of sp³-hybridized carbons (Fsp3) is 0.500. The van der Waals surface area contributed by atoms with Gasteiger partial charge in [-0.3, -0.25) is 0 Å². The molecule has 17 heavy (non-hydrogen) atoms. The zero-order valence-corrected chi connectivity index (χ0v) is 9.54. The first-order valence-electron chi connectivity index (χ1n) is 5.93. The molecule has 5 heteroatoms. The third kappa shape index (κ3) is 1.98. The largest absolute Gasteiger partial charge is 0.506 e. The molecule has 2 aromatic rings. The van der Waals surface area contributed by atoms with E-state index in [0.29, 0.717) is 11.4 Å². The fourth-order valence-corrected chi connectivity index (χ4v) is 2.29. The number of benzene rings is 1. The van der Waals surface area contributed by atoms with Crippen molar-refractivity contribution in [3.05, 3.63) is 18.2 Å². The quantitative estimate of drug-likeness (QED) is 0.855. The summed E-state index contributed by atoms with van der Waals surface area (Å²) < 4.78 is 7.22. The number of nitrogens with zero attached hydrogens (tertiary/aromatic N) is 3. The predicted octanol–water partition coefficient (Wildman–Crippen LogP) is 1.56. The Morgan fingerprint density at radius 1 is 1.35 bits per heavy atom. The summed E-state index contributed by atoms with van der Waals surface area (Å²) in [6.45, 7) is 2.52. The monoisotopic (exact) mass is 233 g/mol. The number of rotatable bonds is 2. The SMILES string of the molecule is Oc1cccc2c1nnn2CC1CCOCC1. The van der Waals surface area contributed by atoms with Gasteiger partial charge in [0.1, 0.15) is 5.75 Å². The summed E-state index contributed by atoms with van der Waals surface area (Å²) in [6, 6.07) is 5.39. The highest BCUT2D eigenvalue weighted by Crippen LogP contribution is 2.23. The molecule has 1 aromatic heterocycles. The van der Waals surface area contributed by atoms with Crippen molar-refractivity contribution >= 4 is 11.0 Å². The summed E-state index contributed by atoms with van der Waals surface area (Å²) in [5.74, 6) is 0.789. The van der Waals surface area contributed by atoms with Crippen LogP contribution in [0.2, 0.25) is 0 Å². The van der Waals surface area contributed by atoms with Gasteiger partial charge in [0.2, 0.25) is 0 Å². The first kappa shape index (κ1) is 10.5. The van der Waals surface area contributed by atoms with Crippen LogP contribution in [0.5, 0.6) is 5.75 Å². The van der Waals surface area contributed by atoms with Gasteiger partial charge in [-0.15, -0.1) is 5.10 Å². The summed E-state index contributed by atoms with van der Waals surface area (Å²) >= 11 is 0. The molecule has 1 saturated heterocycles. The molecule has 0 atom stereocenters. The number of aromatic nitrogens is 3. The van der Waals surface area contributed by atoms with Gasteiger partial charge in [-0.05, 0) is 30.9 Å². The van der Waals surface area contributed by atoms with E-state index in [-0.39, 0.29) is 5.75 Å². The minimum atomic E-state index is 0.195. The Bertz CT molecular complexity index is 517. The smallest absolute Gasteiger partial charge is 0.154 e. The van der Waals surface area contributed by atoms with Crippen molar-refractivity contribution in [3.8, 4) is 5.75 Å². The topological polar surface area (TPSA) is 60.2 Å². The number of phenolic OH excluding ortho intramolecular Hbond substituents is 1. The van der Waals surface area contributed by atoms with Crippen molar-refractivity contribution in [3.63, 3.8) is 0 Å². The number of aromatic hydroxyl groups is 1. The van der Waals surface area contributed by atoms with Gasteiger partial charge in [0, 0.05) is 19.8 Å². The van der Waals surface area contributed by atoms with E-state index in [1.807, 2.05) is 16.8 Å². The van der Waals surface area contributed by atoms with Crippen molar-refractivity contribution < 1.29 is 9.84 Å². The van der Waals surface area contributed by atoms with Crippen molar-refractivity contribution in [1.82, 2.24) is 15.0 Å². The molecule has 5 nitrogen and oxygen atoms in total. The van der Waals surface area contributed by atoms with Gasteiger partial charge < -0.3 is 9.84 Å². The number of fused-ring (bicyclic) bond motifs is 1. The van der Waals surface area contributed by atoms with E-state index in [1.165, 1.54) is 0 Å². The van der Waals surface area contributed by atoms with Crippen LogP contribution in [-0.4, -0.2) is 33.3 Å². The highest BCUT2D eigenvalue weighted by Gasteiger charge is 2.16. The summed E-state index contributed by atoms with van der Waals surface area (Å²) in [6.07, 6.45) is 2.14. The Balaban J connectivity index is 1.87. The highest BCUT2D eigenvalue weighted by molar-refractivity contribution is 5.80. The molecule has 1 aliphatic rings. The Kier molecular flexibility index (Phi) is 2.68. The zero-order chi connectivity index (χ0) is 11.7. The van der Waals surface area contributed by atoms with Crippen LogP contribution < -0.4 is 0 Å². The molecule has 1 N–H and O–H groups in total. The molecule has 0 unspecified atom stereocenters. The van der Waals surface area contributed by atoms with Crippen molar-refractivity contribution in [2.75, 3.05) is 13.2 Å². The number of ether oxygens (including phenoxy) is 1. The first-order chi connectivity index (χ1) is 8.34. The molecule has 1 aromatic carbocycles. The van der Waals surface area contributed by atoms with Gasteiger partial charge in [-0.1, -0.05) is 11.3 Å². The maximum atomic E-state index is 9.65. The molecular weight excluding hydrogens is 218 g/mol. The summed E-state index contributed by atoms with van der Waals surface area (Å²) in [4.78, 5) is 0. The van der Waals surface area contributed by atoms with Gasteiger partial charge in [0.05, 0.1) is 5.52 Å². The molecule has 1 fully saturated rings. The van der Waals surface area contributed by atoms with E-state index in [1.54, 1.807) is 6.07 Å². The Labute approximate surface area is 99.0 Å². The third-order valence-corrected chi connectivity index (χ3v) is 3.30. The molecule has 0 spiro atoms. The molecule has 2 heterocycles. The van der Waals surface area contributed by atoms with Crippen molar-refractivity contribution in [2.24, 2.45) is 5.92 Å². The second-order valence-electron chi connectivity index (χ2n) is 4.47. The van der Waals surface area contributed by atoms with E-state index >= 15 is 0 Å². The molecule has 0 bridgehead atoms. The Morgan fingerprint density at radius 3 is 3.00 bits per heavy atom. The number of hydrogen-bond acceptors (Lipinski definition) is 4. The molecule has 0 saturated carbocycles. The number of phenols is 1. The predicted molar refractivity (Wildman–Crippen MR) is 62.7 cm³/mol. The van der Waals surface area contributed by atoms with Crippen LogP contribution >= 0.6 is 0 Å². The van der Waals surface area contributed by atoms with Crippen molar-refractivity contribution in [2.45, 2.75) is 19.4 Å². The van der Waals surface area contributed by atoms with Gasteiger partial charge in [-0.2, -0.15) is 0 Å². The number of hydrogen-bond donors (Lipinski definition) is 1. The van der Waals surface area contributed by atoms with E-state index in [4.69, 9.17) is 4.74 Å². The lowest BCUT2D eigenvalue weighted by molar-refractivity contribution is 0.0604. The average molecular weight is 233 g/mol. The highest BCUT2D eigenvalue weighted by atomic mass is 16.5. The fourth-order valence-electron chi connectivity index (χ4n) is 2.29. The Hall–Kier alpha value is -1.62. The third-order valence-electron chi connectivity index (χ3n) is 3.30. The molecule has 0 radical (unpaired) electrons. The first-order valence-corrected chi connectivity index (χ1v) is 5.93. The van der Waals surface area contributed by atoms with Crippen LogP contribution in [0.25, 0.3) is 11.0 Å². The lowest BCUT2D eigenvalue weighted by atomic mass is 10.0. The van der Waals surface area contributed by atoms with Crippen LogP contribution in [0.1, 0.15) is 12.8 Å². The molecule has 0 amide bonds. The standard InChI is InChI=1S/C12H15N3O2/c16-11-3-1-2-10-12(11)13-14-15(10)8-9-4-6-17-7-5-9/h1-3,9,16H,4-8H2. The molecule has 0 aliphatic carbocycles. The van der Waals surface area contributed by atoms with Crippen LogP contribution in [0.15, 0.2) is 18.2 Å². The summed E-state index contributed by atoms with van der Waals surface area (Å²) in [5.41, 5.74) is 1.48. The summed E-state index contributed by atoms with van der Waals surface area (Å²) in [5, 5.41) is 17.8. The van der Waals surface area contributed by atoms with Crippen LogP contribution in [0, 0.1) is 5.92 Å². The molecule has 1 aliphatic heterocycles. The zero-order valence-electron chi connectivity index (χ0n) is 9.54. The van der Waals surface area contributed by atoms with Crippen LogP contribution in [0.4, 0.5) is 0 Å². The normalized spacial score (nSPS) is 17.6. The van der Waals surface area contributed by atoms with Crippen molar-refractivity contribution in [1.29, 1.82) is 0 Å². The van der Waals surface area contributed by atoms with Gasteiger partial charge in [0.15, 0.2) is 5.52 Å². The van der Waals surface area contributed by atoms with Gasteiger partial charge in [0.25, 0.3) is 0 Å². The average Bonchev–Trinajstić information content (AvgIpc) is 2.76. The maximum absolute atomic E-state index is 9.65. The van der Waals surface area contributed by atoms with Crippen LogP contribution in [0.3, 0.4) is 0 Å². The molecule has 90 valence electrons. The van der Waals surface area contributed by atoms with E-state index in [0.717, 1.165) is 38.1 Å². The lowest BCUT2D eigenvalue weighted by Gasteiger charge is -2.21. The van der Waals surface area contributed by atoms with E-state index in [2.05, 4.69) is 10.3 Å². The lowest BCUT2D eigenvalue weighted by Crippen LogP contribution is -2.20. The van der Waals surface area contributed by atoms with Gasteiger partial charge >= 0.3 is 0 Å². The minimum Gasteiger partial charge on any atom is -0.506 e. The molecule has 3 rings (SSSR count). The second kappa shape index (κ2) is 4.33. The maximum Gasteiger partial charge on any atom is 0.154 e. The van der Waals surface area contributed by atoms with E-state index in [9.17, 15) is 5.11 Å².